The van der Waals surface area contributed by atoms with Crippen LogP contribution in [0.5, 0.6) is 5.75 Å². The van der Waals surface area contributed by atoms with Gasteiger partial charge in [0.1, 0.15) is 29.5 Å². The largest absolute Gasteiger partial charge is 0.573 e. The van der Waals surface area contributed by atoms with Crippen LogP contribution in [0.25, 0.3) is 11.0 Å². The molecule has 1 saturated heterocycles. The Hall–Kier alpha value is -4.70. The second kappa shape index (κ2) is 17.0. The molecule has 4 fully saturated rings. The number of unbranched alkanes of at least 4 members (excludes halogenated alkanes) is 1. The fourth-order valence-electron chi connectivity index (χ4n) is 8.17. The number of sulfonamides is 1. The van der Waals surface area contributed by atoms with Crippen LogP contribution in [0.15, 0.2) is 23.0 Å². The number of amides is 4. The molecule has 23 heteroatoms. The standard InChI is InChI=1S/C40H51F7N6O9S/c1-6-20-12-16-53(27(20)31(54)51-38(19-23(38)30(41)42)34(57)52-63(59,60)37(5)14-15-37)33(56)29(36(2,3)4)50-35(58)61-26-17-21(26)9-7-8-13-39(43,44)28-32(55)49-25-18-22(62-40(45,46)47)10-11-24(25)48-28/h10-11,18,20-21,23,26-27,29-30H,6-9,12-17,19H2,1-5H3,(H,49,55)(H,50,58)(H,51,54)(H,52,57)/t20-,21-,23+,26-,27+,29-,38-/m1/s1. The second-order valence-electron chi connectivity index (χ2n) is 18.4. The molecule has 6 rings (SSSR count). The zero-order valence-electron chi connectivity index (χ0n) is 35.2. The lowest BCUT2D eigenvalue weighted by atomic mass is 9.85. The summed E-state index contributed by atoms with van der Waals surface area (Å²) in [6.07, 6.45) is -8.65. The number of nitrogens with zero attached hydrogens (tertiary/aromatic N) is 2. The molecule has 350 valence electrons. The van der Waals surface area contributed by atoms with Crippen molar-refractivity contribution in [1.29, 1.82) is 0 Å². The first-order valence-electron chi connectivity index (χ1n) is 20.7. The topological polar surface area (TPSA) is 206 Å². The number of hydrogen-bond acceptors (Lipinski definition) is 10. The van der Waals surface area contributed by atoms with Crippen LogP contribution in [0.1, 0.15) is 105 Å². The van der Waals surface area contributed by atoms with Crippen LogP contribution in [-0.2, 0) is 35.1 Å². The lowest BCUT2D eigenvalue weighted by Crippen LogP contribution is -2.61. The van der Waals surface area contributed by atoms with Crippen molar-refractivity contribution < 1.29 is 67.8 Å². The van der Waals surface area contributed by atoms with Gasteiger partial charge in [-0.3, -0.25) is 23.9 Å². The highest BCUT2D eigenvalue weighted by Crippen LogP contribution is 2.50. The maximum Gasteiger partial charge on any atom is 0.573 e. The number of aromatic amines is 1. The van der Waals surface area contributed by atoms with Gasteiger partial charge in [-0.2, -0.15) is 8.78 Å². The van der Waals surface area contributed by atoms with Gasteiger partial charge in [0, 0.05) is 19.0 Å². The molecule has 0 spiro atoms. The SMILES string of the molecule is CC[C@@H]1CCN(C(=O)[C@@H](NC(=O)O[C@@H]2C[C@H]2CCCCC(F)(F)c2nc3ccc(OC(F)(F)F)cc3[nH]c2=O)C(C)(C)C)[C@@H]1C(=O)N[C@]1(C(=O)NS(=O)(=O)C2(C)CC2)C[C@H]1C(F)F. The highest BCUT2D eigenvalue weighted by molar-refractivity contribution is 7.91. The smallest absolute Gasteiger partial charge is 0.446 e. The molecule has 0 radical (unpaired) electrons. The van der Waals surface area contributed by atoms with Gasteiger partial charge in [0.2, 0.25) is 28.3 Å². The van der Waals surface area contributed by atoms with E-state index in [0.717, 1.165) is 18.2 Å². The van der Waals surface area contributed by atoms with Crippen molar-refractivity contribution in [3.05, 3.63) is 34.2 Å². The molecular weight excluding hydrogens is 874 g/mol. The average Bonchev–Trinajstić information content (AvgIpc) is 4.12. The molecule has 63 heavy (non-hydrogen) atoms. The van der Waals surface area contributed by atoms with E-state index in [0.29, 0.717) is 25.7 Å². The lowest BCUT2D eigenvalue weighted by molar-refractivity contribution is -0.274. The third-order valence-corrected chi connectivity index (χ3v) is 14.7. The number of nitrogens with one attached hydrogen (secondary N) is 4. The third-order valence-electron chi connectivity index (χ3n) is 12.6. The Morgan fingerprint density at radius 2 is 1.73 bits per heavy atom. The maximum absolute atomic E-state index is 15.1. The molecule has 3 aliphatic carbocycles. The summed E-state index contributed by atoms with van der Waals surface area (Å²) in [6, 6.07) is 0.214. The van der Waals surface area contributed by atoms with E-state index in [4.69, 9.17) is 4.74 Å². The van der Waals surface area contributed by atoms with Gasteiger partial charge in [0.25, 0.3) is 17.4 Å². The molecule has 1 aromatic heterocycles. The Morgan fingerprint density at radius 1 is 1.05 bits per heavy atom. The Bertz CT molecular complexity index is 2280. The number of carbonyl (C=O) groups excluding carboxylic acids is 4. The molecule has 1 aliphatic heterocycles. The summed E-state index contributed by atoms with van der Waals surface area (Å²) in [5.41, 5.74) is -5.93. The minimum Gasteiger partial charge on any atom is -0.446 e. The molecule has 3 saturated carbocycles. The summed E-state index contributed by atoms with van der Waals surface area (Å²) < 4.78 is 132. The van der Waals surface area contributed by atoms with Crippen LogP contribution in [0.4, 0.5) is 35.5 Å². The van der Waals surface area contributed by atoms with Crippen LogP contribution >= 0.6 is 0 Å². The molecule has 2 heterocycles. The fourth-order valence-corrected chi connectivity index (χ4v) is 9.48. The Morgan fingerprint density at radius 3 is 2.32 bits per heavy atom. The number of ether oxygens (including phenoxy) is 2. The number of alkyl carbamates (subject to hydrolysis) is 1. The number of halogens is 7. The van der Waals surface area contributed by atoms with E-state index in [1.165, 1.54) is 11.8 Å². The van der Waals surface area contributed by atoms with Gasteiger partial charge in [0.15, 0.2) is 5.69 Å². The molecule has 4 N–H and O–H groups in total. The average molecular weight is 925 g/mol. The van der Waals surface area contributed by atoms with Gasteiger partial charge in [-0.15, -0.1) is 13.2 Å². The van der Waals surface area contributed by atoms with E-state index < -0.39 is 128 Å². The van der Waals surface area contributed by atoms with Gasteiger partial charge >= 0.3 is 12.5 Å². The normalized spacial score (nSPS) is 25.9. The maximum atomic E-state index is 15.1. The van der Waals surface area contributed by atoms with Crippen molar-refractivity contribution >= 4 is 44.9 Å². The van der Waals surface area contributed by atoms with Crippen LogP contribution in [0.2, 0.25) is 0 Å². The number of hydrogen-bond donors (Lipinski definition) is 4. The fraction of sp³-hybridized carbons (Fsp3) is 0.700. The summed E-state index contributed by atoms with van der Waals surface area (Å²) in [4.78, 5) is 74.2. The minimum absolute atomic E-state index is 0.0552. The quantitative estimate of drug-likeness (QED) is 0.111. The molecule has 1 aromatic carbocycles. The van der Waals surface area contributed by atoms with Gasteiger partial charge in [0.05, 0.1) is 21.7 Å². The number of alkyl halides is 7. The van der Waals surface area contributed by atoms with Crippen molar-refractivity contribution in [2.24, 2.45) is 23.2 Å². The Balaban J connectivity index is 1.02. The van der Waals surface area contributed by atoms with E-state index in [1.807, 2.05) is 4.72 Å². The monoisotopic (exact) mass is 924 g/mol. The molecule has 2 aromatic rings. The summed E-state index contributed by atoms with van der Waals surface area (Å²) in [7, 11) is -4.23. The van der Waals surface area contributed by atoms with Crippen molar-refractivity contribution in [1.82, 2.24) is 30.2 Å². The number of likely N-dealkylation sites (tertiary alicyclic amines) is 1. The van der Waals surface area contributed by atoms with Crippen LogP contribution < -0.4 is 25.7 Å². The number of benzene rings is 1. The van der Waals surface area contributed by atoms with E-state index in [1.54, 1.807) is 27.7 Å². The molecule has 0 unspecified atom stereocenters. The van der Waals surface area contributed by atoms with Crippen molar-refractivity contribution in [3.63, 3.8) is 0 Å². The van der Waals surface area contributed by atoms with Gasteiger partial charge < -0.3 is 30.0 Å². The first-order chi connectivity index (χ1) is 29.1. The number of H-pyrrole nitrogens is 1. The number of rotatable bonds is 17. The lowest BCUT2D eigenvalue weighted by Gasteiger charge is -2.36. The summed E-state index contributed by atoms with van der Waals surface area (Å²) in [5, 5.41) is 4.99. The molecule has 4 aliphatic rings. The molecular formula is C40H51F7N6O9S. The van der Waals surface area contributed by atoms with Crippen LogP contribution in [0.3, 0.4) is 0 Å². The first kappa shape index (κ1) is 47.8. The Labute approximate surface area is 358 Å². The summed E-state index contributed by atoms with van der Waals surface area (Å²) >= 11 is 0. The summed E-state index contributed by atoms with van der Waals surface area (Å²) in [5.74, 6) is -9.51. The van der Waals surface area contributed by atoms with E-state index in [-0.39, 0.29) is 49.2 Å². The van der Waals surface area contributed by atoms with Crippen molar-refractivity contribution in [2.45, 2.75) is 146 Å². The highest BCUT2D eigenvalue weighted by Gasteiger charge is 2.67. The third kappa shape index (κ3) is 10.5. The van der Waals surface area contributed by atoms with Crippen molar-refractivity contribution in [2.75, 3.05) is 6.54 Å². The van der Waals surface area contributed by atoms with Gasteiger partial charge in [-0.1, -0.05) is 40.5 Å². The molecule has 0 bridgehead atoms. The molecule has 15 nitrogen and oxygen atoms in total. The van der Waals surface area contributed by atoms with E-state index in [2.05, 4.69) is 25.3 Å². The number of fused-ring (bicyclic) bond motifs is 1. The predicted molar refractivity (Wildman–Crippen MR) is 210 cm³/mol. The van der Waals surface area contributed by atoms with Crippen molar-refractivity contribution in [3.8, 4) is 5.75 Å². The van der Waals surface area contributed by atoms with Crippen LogP contribution in [0, 0.1) is 23.2 Å². The minimum atomic E-state index is -5.00. The number of aromatic nitrogens is 2. The van der Waals surface area contributed by atoms with E-state index in [9.17, 15) is 54.3 Å². The molecule has 7 atom stereocenters. The van der Waals surface area contributed by atoms with Crippen LogP contribution in [-0.4, -0.2) is 94.9 Å². The highest BCUT2D eigenvalue weighted by atomic mass is 32.2. The zero-order chi connectivity index (χ0) is 46.7. The van der Waals surface area contributed by atoms with Gasteiger partial charge in [-0.25, -0.2) is 27.0 Å². The zero-order valence-corrected chi connectivity index (χ0v) is 36.0. The van der Waals surface area contributed by atoms with E-state index >= 15 is 8.78 Å². The number of carbonyl (C=O) groups is 4. The molecule has 4 amide bonds. The first-order valence-corrected chi connectivity index (χ1v) is 22.2. The Kier molecular flexibility index (Phi) is 12.9. The predicted octanol–water partition coefficient (Wildman–Crippen LogP) is 5.77. The van der Waals surface area contributed by atoms with Gasteiger partial charge in [-0.05, 0) is 81.3 Å². The summed E-state index contributed by atoms with van der Waals surface area (Å²) in [6.45, 7) is 8.22. The second-order valence-corrected chi connectivity index (χ2v) is 20.6.